The fourth-order valence-corrected chi connectivity index (χ4v) is 2.33. The summed E-state index contributed by atoms with van der Waals surface area (Å²) in [4.78, 5) is 18.3. The zero-order valence-electron chi connectivity index (χ0n) is 14.7. The van der Waals surface area contributed by atoms with Gasteiger partial charge in [0.15, 0.2) is 0 Å². The maximum Gasteiger partial charge on any atom is 0.228 e. The molecule has 0 aliphatic rings. The first-order chi connectivity index (χ1) is 11.4. The summed E-state index contributed by atoms with van der Waals surface area (Å²) in [6.07, 6.45) is 2.52. The molecule has 7 heteroatoms. The van der Waals surface area contributed by atoms with Crippen LogP contribution in [0.5, 0.6) is 0 Å². The molecule has 25 heavy (non-hydrogen) atoms. The normalized spacial score (nSPS) is 11.9. The van der Waals surface area contributed by atoms with Gasteiger partial charge in [-0.05, 0) is 36.6 Å². The average molecular weight is 386 g/mol. The summed E-state index contributed by atoms with van der Waals surface area (Å²) < 4.78 is 5.46. The molecule has 1 amide bonds. The Morgan fingerprint density at radius 3 is 2.56 bits per heavy atom. The van der Waals surface area contributed by atoms with E-state index in [0.29, 0.717) is 29.1 Å². The van der Waals surface area contributed by atoms with Gasteiger partial charge in [-0.3, -0.25) is 4.79 Å². The van der Waals surface area contributed by atoms with Crippen molar-refractivity contribution in [2.24, 2.45) is 11.7 Å². The maximum atomic E-state index is 12.3. The molecule has 0 saturated carbocycles. The number of nitrogens with zero attached hydrogens (tertiary/aromatic N) is 2. The number of hydrogen-bond acceptors (Lipinski definition) is 4. The van der Waals surface area contributed by atoms with Crippen LogP contribution < -0.4 is 5.73 Å². The van der Waals surface area contributed by atoms with Crippen molar-refractivity contribution >= 4 is 29.9 Å². The van der Waals surface area contributed by atoms with E-state index in [2.05, 4.69) is 18.8 Å². The van der Waals surface area contributed by atoms with E-state index in [1.807, 2.05) is 12.1 Å². The third kappa shape index (κ3) is 6.34. The van der Waals surface area contributed by atoms with E-state index in [4.69, 9.17) is 21.8 Å². The quantitative estimate of drug-likeness (QED) is 0.786. The van der Waals surface area contributed by atoms with Gasteiger partial charge < -0.3 is 15.1 Å². The van der Waals surface area contributed by atoms with Crippen molar-refractivity contribution < 1.29 is 9.21 Å². The van der Waals surface area contributed by atoms with Gasteiger partial charge in [-0.1, -0.05) is 25.4 Å². The number of likely N-dealkylation sites (N-methyl/N-ethyl adjacent to an activating group) is 1. The summed E-state index contributed by atoms with van der Waals surface area (Å²) in [5, 5.41) is 0.655. The first-order valence-corrected chi connectivity index (χ1v) is 8.44. The number of oxazole rings is 1. The van der Waals surface area contributed by atoms with Crippen molar-refractivity contribution in [3.8, 4) is 11.5 Å². The van der Waals surface area contributed by atoms with E-state index < -0.39 is 0 Å². The fourth-order valence-electron chi connectivity index (χ4n) is 2.20. The van der Waals surface area contributed by atoms with Crippen molar-refractivity contribution in [3.63, 3.8) is 0 Å². The Labute approximate surface area is 160 Å². The summed E-state index contributed by atoms with van der Waals surface area (Å²) in [6.45, 7) is 4.81. The third-order valence-electron chi connectivity index (χ3n) is 4.06. The molecule has 2 aromatic rings. The zero-order valence-corrected chi connectivity index (χ0v) is 16.3. The fraction of sp³-hybridized carbons (Fsp3) is 0.444. The van der Waals surface area contributed by atoms with Crippen molar-refractivity contribution in [1.82, 2.24) is 9.88 Å². The van der Waals surface area contributed by atoms with Crippen LogP contribution in [0, 0.1) is 5.92 Å². The van der Waals surface area contributed by atoms with Gasteiger partial charge in [0.05, 0.1) is 12.1 Å². The molecule has 1 heterocycles. The predicted molar refractivity (Wildman–Crippen MR) is 103 cm³/mol. The molecule has 0 fully saturated rings. The minimum Gasteiger partial charge on any atom is -0.444 e. The summed E-state index contributed by atoms with van der Waals surface area (Å²) in [7, 11) is 1.79. The largest absolute Gasteiger partial charge is 0.444 e. The van der Waals surface area contributed by atoms with Crippen LogP contribution in [-0.4, -0.2) is 35.4 Å². The van der Waals surface area contributed by atoms with Crippen molar-refractivity contribution in [2.45, 2.75) is 32.7 Å². The molecular formula is C18H25Cl2N3O2. The molecule has 1 aromatic heterocycles. The molecule has 2 N–H and O–H groups in total. The number of carbonyl (C=O) groups excluding carboxylic acids is 1. The van der Waals surface area contributed by atoms with Crippen LogP contribution in [0.4, 0.5) is 0 Å². The van der Waals surface area contributed by atoms with E-state index in [1.165, 1.54) is 6.26 Å². The Morgan fingerprint density at radius 1 is 1.32 bits per heavy atom. The van der Waals surface area contributed by atoms with E-state index in [-0.39, 0.29) is 30.8 Å². The van der Waals surface area contributed by atoms with Crippen LogP contribution in [0.15, 0.2) is 34.9 Å². The van der Waals surface area contributed by atoms with Gasteiger partial charge in [0.1, 0.15) is 6.26 Å². The number of rotatable bonds is 7. The van der Waals surface area contributed by atoms with Gasteiger partial charge in [0.2, 0.25) is 11.8 Å². The summed E-state index contributed by atoms with van der Waals surface area (Å²) in [5.41, 5.74) is 7.46. The van der Waals surface area contributed by atoms with Gasteiger partial charge in [0, 0.05) is 30.2 Å². The van der Waals surface area contributed by atoms with Gasteiger partial charge in [-0.2, -0.15) is 0 Å². The van der Waals surface area contributed by atoms with Gasteiger partial charge in [-0.25, -0.2) is 4.98 Å². The second-order valence-electron chi connectivity index (χ2n) is 6.34. The molecule has 0 spiro atoms. The SMILES string of the molecule is CC(C)C(N)CCN(C)C(=O)Cc1coc(-c2ccc(Cl)cc2)n1.Cl. The van der Waals surface area contributed by atoms with Crippen molar-refractivity contribution in [2.75, 3.05) is 13.6 Å². The van der Waals surface area contributed by atoms with Crippen LogP contribution in [0.3, 0.4) is 0 Å². The van der Waals surface area contributed by atoms with Crippen LogP contribution in [-0.2, 0) is 11.2 Å². The standard InChI is InChI=1S/C18H24ClN3O2.ClH/c1-12(2)16(20)8-9-22(3)17(23)10-15-11-24-18(21-15)13-4-6-14(19)7-5-13;/h4-7,11-12,16H,8-10,20H2,1-3H3;1H. The summed E-state index contributed by atoms with van der Waals surface area (Å²) in [5.74, 6) is 0.895. The molecule has 138 valence electrons. The van der Waals surface area contributed by atoms with Crippen LogP contribution in [0.25, 0.3) is 11.5 Å². The van der Waals surface area contributed by atoms with Gasteiger partial charge in [0.25, 0.3) is 0 Å². The molecule has 5 nitrogen and oxygen atoms in total. The first kappa shape index (κ1) is 21.5. The average Bonchev–Trinajstić information content (AvgIpc) is 3.01. The maximum absolute atomic E-state index is 12.3. The first-order valence-electron chi connectivity index (χ1n) is 8.06. The molecule has 0 aliphatic carbocycles. The predicted octanol–water partition coefficient (Wildman–Crippen LogP) is 3.79. The minimum atomic E-state index is 0. The molecule has 2 rings (SSSR count). The highest BCUT2D eigenvalue weighted by Gasteiger charge is 2.15. The molecule has 0 radical (unpaired) electrons. The van der Waals surface area contributed by atoms with Crippen LogP contribution in [0.2, 0.25) is 5.02 Å². The lowest BCUT2D eigenvalue weighted by atomic mass is 10.0. The third-order valence-corrected chi connectivity index (χ3v) is 4.31. The number of carbonyl (C=O) groups is 1. The molecule has 1 atom stereocenters. The Kier molecular flexibility index (Phi) is 8.42. The lowest BCUT2D eigenvalue weighted by Crippen LogP contribution is -2.35. The van der Waals surface area contributed by atoms with E-state index >= 15 is 0 Å². The van der Waals surface area contributed by atoms with E-state index in [0.717, 1.165) is 12.0 Å². The number of halogens is 2. The Hall–Kier alpha value is -1.56. The number of hydrogen-bond donors (Lipinski definition) is 1. The molecule has 0 bridgehead atoms. The number of benzene rings is 1. The highest BCUT2D eigenvalue weighted by molar-refractivity contribution is 6.30. The zero-order chi connectivity index (χ0) is 17.7. The molecule has 1 aromatic carbocycles. The molecule has 0 aliphatic heterocycles. The van der Waals surface area contributed by atoms with Gasteiger partial charge in [-0.15, -0.1) is 12.4 Å². The monoisotopic (exact) mass is 385 g/mol. The number of aromatic nitrogens is 1. The lowest BCUT2D eigenvalue weighted by Gasteiger charge is -2.21. The Bertz CT molecular complexity index is 671. The number of amides is 1. The minimum absolute atomic E-state index is 0. The van der Waals surface area contributed by atoms with Gasteiger partial charge >= 0.3 is 0 Å². The lowest BCUT2D eigenvalue weighted by molar-refractivity contribution is -0.129. The molecular weight excluding hydrogens is 361 g/mol. The smallest absolute Gasteiger partial charge is 0.228 e. The highest BCUT2D eigenvalue weighted by atomic mass is 35.5. The highest BCUT2D eigenvalue weighted by Crippen LogP contribution is 2.21. The van der Waals surface area contributed by atoms with Crippen LogP contribution in [0.1, 0.15) is 26.0 Å². The summed E-state index contributed by atoms with van der Waals surface area (Å²) in [6, 6.07) is 7.32. The van der Waals surface area contributed by atoms with Crippen molar-refractivity contribution in [3.05, 3.63) is 41.2 Å². The molecule has 0 saturated heterocycles. The van der Waals surface area contributed by atoms with E-state index in [1.54, 1.807) is 24.1 Å². The van der Waals surface area contributed by atoms with Crippen molar-refractivity contribution in [1.29, 1.82) is 0 Å². The summed E-state index contributed by atoms with van der Waals surface area (Å²) >= 11 is 5.87. The Balaban J connectivity index is 0.00000312. The topological polar surface area (TPSA) is 72.4 Å². The second-order valence-corrected chi connectivity index (χ2v) is 6.78. The molecule has 1 unspecified atom stereocenters. The van der Waals surface area contributed by atoms with Crippen LogP contribution >= 0.6 is 24.0 Å². The van der Waals surface area contributed by atoms with E-state index in [9.17, 15) is 4.79 Å². The second kappa shape index (κ2) is 9.80. The number of nitrogens with two attached hydrogens (primary N) is 1. The Morgan fingerprint density at radius 2 is 1.96 bits per heavy atom.